The van der Waals surface area contributed by atoms with Crippen LogP contribution in [0.15, 0.2) is 91.0 Å². The second-order valence-corrected chi connectivity index (χ2v) is 10.0. The second kappa shape index (κ2) is 12.5. The number of nitrogens with one attached hydrogen (secondary N) is 2. The molecule has 2 N–H and O–H groups in total. The fraction of sp³-hybridized carbons (Fsp3) is 0.200. The van der Waals surface area contributed by atoms with Crippen LogP contribution < -0.4 is 10.6 Å². The molecule has 36 heavy (non-hydrogen) atoms. The second-order valence-electron chi connectivity index (χ2n) is 8.37. The van der Waals surface area contributed by atoms with Crippen LogP contribution in [0.2, 0.25) is 0 Å². The summed E-state index contributed by atoms with van der Waals surface area (Å²) >= 11 is 7.15. The summed E-state index contributed by atoms with van der Waals surface area (Å²) in [6.07, 6.45) is 0.874. The standard InChI is InChI=1S/C30H30N2O2S2/c1-3-34-29(33)27-26(24-17-11-6-12-18-24)21(2)36-28(27)32-30(35)31-20-19-25(22-13-7-4-8-14-22)23-15-9-5-10-16-23/h4-18,25H,3,19-20H2,1-2H3,(H2,31,32,35). The molecule has 0 fully saturated rings. The Kier molecular flexibility index (Phi) is 8.87. The molecule has 0 bridgehead atoms. The highest BCUT2D eigenvalue weighted by Crippen LogP contribution is 2.40. The van der Waals surface area contributed by atoms with Gasteiger partial charge in [0.15, 0.2) is 5.11 Å². The van der Waals surface area contributed by atoms with Gasteiger partial charge in [0.2, 0.25) is 0 Å². The third-order valence-corrected chi connectivity index (χ3v) is 7.24. The number of thiocarbonyl (C=S) groups is 1. The van der Waals surface area contributed by atoms with E-state index in [1.807, 2.05) is 56.3 Å². The number of ether oxygens (including phenoxy) is 1. The normalized spacial score (nSPS) is 10.8. The lowest BCUT2D eigenvalue weighted by Gasteiger charge is -2.19. The molecule has 4 aromatic rings. The molecular formula is C30H30N2O2S2. The molecule has 3 aromatic carbocycles. The highest BCUT2D eigenvalue weighted by Gasteiger charge is 2.25. The van der Waals surface area contributed by atoms with Crippen molar-refractivity contribution in [1.29, 1.82) is 0 Å². The third kappa shape index (κ3) is 6.20. The summed E-state index contributed by atoms with van der Waals surface area (Å²) in [5.41, 5.74) is 4.94. The summed E-state index contributed by atoms with van der Waals surface area (Å²) in [6.45, 7) is 4.82. The Bertz CT molecular complexity index is 1250. The van der Waals surface area contributed by atoms with Gasteiger partial charge in [-0.3, -0.25) is 0 Å². The van der Waals surface area contributed by atoms with Crippen molar-refractivity contribution in [2.24, 2.45) is 0 Å². The maximum absolute atomic E-state index is 13.0. The van der Waals surface area contributed by atoms with Crippen LogP contribution >= 0.6 is 23.6 Å². The number of hydrogen-bond acceptors (Lipinski definition) is 4. The summed E-state index contributed by atoms with van der Waals surface area (Å²) in [4.78, 5) is 14.0. The Morgan fingerprint density at radius 3 is 2.03 bits per heavy atom. The third-order valence-electron chi connectivity index (χ3n) is 5.98. The lowest BCUT2D eigenvalue weighted by atomic mass is 9.88. The Morgan fingerprint density at radius 2 is 1.47 bits per heavy atom. The van der Waals surface area contributed by atoms with E-state index in [0.29, 0.717) is 28.8 Å². The molecule has 0 atom stereocenters. The van der Waals surface area contributed by atoms with Crippen molar-refractivity contribution in [3.8, 4) is 11.1 Å². The largest absolute Gasteiger partial charge is 0.462 e. The minimum atomic E-state index is -0.348. The summed E-state index contributed by atoms with van der Waals surface area (Å²) < 4.78 is 5.40. The summed E-state index contributed by atoms with van der Waals surface area (Å²) in [7, 11) is 0. The zero-order valence-electron chi connectivity index (χ0n) is 20.5. The first-order valence-corrected chi connectivity index (χ1v) is 13.3. The molecule has 0 aliphatic carbocycles. The van der Waals surface area contributed by atoms with Gasteiger partial charge in [-0.05, 0) is 49.2 Å². The lowest BCUT2D eigenvalue weighted by molar-refractivity contribution is 0.0529. The molecule has 0 saturated heterocycles. The number of carbonyl (C=O) groups excluding carboxylic acids is 1. The molecule has 0 spiro atoms. The average molecular weight is 515 g/mol. The van der Waals surface area contributed by atoms with Crippen LogP contribution in [-0.4, -0.2) is 24.2 Å². The van der Waals surface area contributed by atoms with Crippen LogP contribution in [0.25, 0.3) is 11.1 Å². The maximum atomic E-state index is 13.0. The smallest absolute Gasteiger partial charge is 0.341 e. The fourth-order valence-electron chi connectivity index (χ4n) is 4.36. The van der Waals surface area contributed by atoms with E-state index < -0.39 is 0 Å². The fourth-order valence-corrected chi connectivity index (χ4v) is 5.69. The predicted molar refractivity (Wildman–Crippen MR) is 154 cm³/mol. The van der Waals surface area contributed by atoms with E-state index in [1.54, 1.807) is 0 Å². The van der Waals surface area contributed by atoms with E-state index >= 15 is 0 Å². The summed E-state index contributed by atoms with van der Waals surface area (Å²) in [5.74, 6) is -0.0920. The van der Waals surface area contributed by atoms with Gasteiger partial charge in [0.05, 0.1) is 6.61 Å². The van der Waals surface area contributed by atoms with E-state index in [9.17, 15) is 4.79 Å². The van der Waals surface area contributed by atoms with Gasteiger partial charge < -0.3 is 15.4 Å². The molecule has 0 saturated carbocycles. The summed E-state index contributed by atoms with van der Waals surface area (Å²) in [5, 5.41) is 7.80. The van der Waals surface area contributed by atoms with Gasteiger partial charge in [-0.1, -0.05) is 91.0 Å². The van der Waals surface area contributed by atoms with E-state index in [0.717, 1.165) is 22.4 Å². The molecule has 6 heteroatoms. The number of anilines is 1. The zero-order chi connectivity index (χ0) is 25.3. The van der Waals surface area contributed by atoms with Crippen LogP contribution in [0.5, 0.6) is 0 Å². The number of thiophene rings is 1. The molecule has 0 aliphatic heterocycles. The number of esters is 1. The van der Waals surface area contributed by atoms with Gasteiger partial charge in [-0.15, -0.1) is 11.3 Å². The van der Waals surface area contributed by atoms with Crippen LogP contribution in [0, 0.1) is 6.92 Å². The van der Waals surface area contributed by atoms with Crippen molar-refractivity contribution in [3.05, 3.63) is 113 Å². The van der Waals surface area contributed by atoms with Crippen LogP contribution in [0.1, 0.15) is 45.6 Å². The predicted octanol–water partition coefficient (Wildman–Crippen LogP) is 7.41. The van der Waals surface area contributed by atoms with Gasteiger partial charge in [0.1, 0.15) is 10.6 Å². The minimum absolute atomic E-state index is 0.256. The number of aryl methyl sites for hydroxylation is 1. The average Bonchev–Trinajstić information content (AvgIpc) is 3.23. The molecule has 0 unspecified atom stereocenters. The molecular weight excluding hydrogens is 484 g/mol. The van der Waals surface area contributed by atoms with Crippen molar-refractivity contribution in [2.75, 3.05) is 18.5 Å². The number of carbonyl (C=O) groups is 1. The monoisotopic (exact) mass is 514 g/mol. The first kappa shape index (κ1) is 25.6. The van der Waals surface area contributed by atoms with Crippen molar-refractivity contribution in [3.63, 3.8) is 0 Å². The number of hydrogen-bond donors (Lipinski definition) is 2. The molecule has 0 radical (unpaired) electrons. The van der Waals surface area contributed by atoms with E-state index in [1.165, 1.54) is 22.5 Å². The van der Waals surface area contributed by atoms with Crippen LogP contribution in [0.4, 0.5) is 5.00 Å². The maximum Gasteiger partial charge on any atom is 0.341 e. The Hall–Kier alpha value is -3.48. The minimum Gasteiger partial charge on any atom is -0.462 e. The van der Waals surface area contributed by atoms with E-state index in [-0.39, 0.29) is 11.9 Å². The highest BCUT2D eigenvalue weighted by molar-refractivity contribution is 7.80. The van der Waals surface area contributed by atoms with Crippen molar-refractivity contribution in [1.82, 2.24) is 5.32 Å². The van der Waals surface area contributed by atoms with Crippen molar-refractivity contribution < 1.29 is 9.53 Å². The molecule has 4 rings (SSSR count). The van der Waals surface area contributed by atoms with Gasteiger partial charge in [-0.2, -0.15) is 0 Å². The van der Waals surface area contributed by atoms with Crippen LogP contribution in [0.3, 0.4) is 0 Å². The lowest BCUT2D eigenvalue weighted by Crippen LogP contribution is -2.30. The first-order valence-electron chi connectivity index (χ1n) is 12.1. The Balaban J connectivity index is 1.49. The molecule has 1 heterocycles. The summed E-state index contributed by atoms with van der Waals surface area (Å²) in [6, 6.07) is 31.0. The first-order chi connectivity index (χ1) is 17.6. The number of benzene rings is 3. The highest BCUT2D eigenvalue weighted by atomic mass is 32.1. The molecule has 0 amide bonds. The van der Waals surface area contributed by atoms with Gasteiger partial charge in [-0.25, -0.2) is 4.79 Å². The van der Waals surface area contributed by atoms with Gasteiger partial charge >= 0.3 is 5.97 Å². The molecule has 4 nitrogen and oxygen atoms in total. The van der Waals surface area contributed by atoms with Crippen molar-refractivity contribution in [2.45, 2.75) is 26.2 Å². The van der Waals surface area contributed by atoms with E-state index in [2.05, 4.69) is 59.2 Å². The Morgan fingerprint density at radius 1 is 0.917 bits per heavy atom. The van der Waals surface area contributed by atoms with Gasteiger partial charge in [0, 0.05) is 22.9 Å². The van der Waals surface area contributed by atoms with Gasteiger partial charge in [0.25, 0.3) is 0 Å². The Labute approximate surface area is 222 Å². The van der Waals surface area contributed by atoms with E-state index in [4.69, 9.17) is 17.0 Å². The molecule has 1 aromatic heterocycles. The van der Waals surface area contributed by atoms with Crippen molar-refractivity contribution >= 4 is 39.6 Å². The number of rotatable bonds is 9. The zero-order valence-corrected chi connectivity index (χ0v) is 22.1. The van der Waals surface area contributed by atoms with Crippen LogP contribution in [-0.2, 0) is 4.74 Å². The SMILES string of the molecule is CCOC(=O)c1c(NC(=S)NCCC(c2ccccc2)c2ccccc2)sc(C)c1-c1ccccc1. The quantitative estimate of drug-likeness (QED) is 0.180. The molecule has 184 valence electrons. The topological polar surface area (TPSA) is 50.4 Å². The molecule has 0 aliphatic rings.